The molecule has 8 atom stereocenters. The molecule has 182 valence electrons. The van der Waals surface area contributed by atoms with E-state index in [1.165, 1.54) is 7.11 Å². The first-order valence-corrected chi connectivity index (χ1v) is 12.4. The van der Waals surface area contributed by atoms with Gasteiger partial charge >= 0.3 is 11.9 Å². The minimum atomic E-state index is -1.01. The van der Waals surface area contributed by atoms with Crippen molar-refractivity contribution in [2.24, 2.45) is 28.6 Å². The van der Waals surface area contributed by atoms with E-state index in [-0.39, 0.29) is 47.5 Å². The van der Waals surface area contributed by atoms with E-state index < -0.39 is 22.5 Å². The van der Waals surface area contributed by atoms with Gasteiger partial charge in [-0.15, -0.1) is 0 Å². The second-order valence-electron chi connectivity index (χ2n) is 11.3. The summed E-state index contributed by atoms with van der Waals surface area (Å²) in [5, 5.41) is 11.8. The van der Waals surface area contributed by atoms with Crippen LogP contribution in [0.3, 0.4) is 0 Å². The van der Waals surface area contributed by atoms with Crippen molar-refractivity contribution in [2.75, 3.05) is 13.7 Å². The maximum atomic E-state index is 13.3. The van der Waals surface area contributed by atoms with Gasteiger partial charge in [0.2, 0.25) is 0 Å². The lowest BCUT2D eigenvalue weighted by Gasteiger charge is -2.58. The van der Waals surface area contributed by atoms with E-state index >= 15 is 0 Å². The monoisotopic (exact) mass is 460 g/mol. The van der Waals surface area contributed by atoms with Gasteiger partial charge in [0, 0.05) is 29.6 Å². The minimum Gasteiger partial charge on any atom is -0.469 e. The number of hydrogen-bond donors (Lipinski definition) is 1. The number of carbonyl (C=O) groups is 3. The highest BCUT2D eigenvalue weighted by molar-refractivity contribution is 5.92. The molecule has 1 heterocycles. The van der Waals surface area contributed by atoms with E-state index in [0.29, 0.717) is 38.7 Å². The normalized spacial score (nSPS) is 47.4. The maximum Gasteiger partial charge on any atom is 0.309 e. The molecular formula is C26H36O7. The van der Waals surface area contributed by atoms with Gasteiger partial charge in [-0.3, -0.25) is 14.4 Å². The Kier molecular flexibility index (Phi) is 5.15. The average Bonchev–Trinajstić information content (AvgIpc) is 3.44. The van der Waals surface area contributed by atoms with Crippen molar-refractivity contribution in [3.05, 3.63) is 11.6 Å². The molecule has 7 nitrogen and oxygen atoms in total. The number of aliphatic hydroxyl groups is 1. The van der Waals surface area contributed by atoms with E-state index in [0.717, 1.165) is 18.4 Å². The van der Waals surface area contributed by atoms with Gasteiger partial charge in [-0.2, -0.15) is 0 Å². The first-order valence-electron chi connectivity index (χ1n) is 12.4. The third-order valence-electron chi connectivity index (χ3n) is 10.3. The fourth-order valence-electron chi connectivity index (χ4n) is 8.42. The van der Waals surface area contributed by atoms with Crippen LogP contribution in [-0.4, -0.2) is 53.9 Å². The number of fused-ring (bicyclic) bond motifs is 3. The topological polar surface area (TPSA) is 102 Å². The Hall–Kier alpha value is -1.73. The van der Waals surface area contributed by atoms with Gasteiger partial charge in [-0.1, -0.05) is 19.4 Å². The Morgan fingerprint density at radius 2 is 2.03 bits per heavy atom. The lowest BCUT2D eigenvalue weighted by molar-refractivity contribution is -0.165. The predicted molar refractivity (Wildman–Crippen MR) is 118 cm³/mol. The Bertz CT molecular complexity index is 926. The zero-order valence-electron chi connectivity index (χ0n) is 20.1. The Morgan fingerprint density at radius 3 is 2.73 bits per heavy atom. The molecule has 33 heavy (non-hydrogen) atoms. The van der Waals surface area contributed by atoms with Gasteiger partial charge < -0.3 is 19.3 Å². The predicted octanol–water partition coefficient (Wildman–Crippen LogP) is 3.12. The summed E-state index contributed by atoms with van der Waals surface area (Å²) >= 11 is 0. The van der Waals surface area contributed by atoms with Gasteiger partial charge in [0.1, 0.15) is 5.60 Å². The van der Waals surface area contributed by atoms with Gasteiger partial charge in [0.25, 0.3) is 0 Å². The second kappa shape index (κ2) is 7.38. The molecular weight excluding hydrogens is 424 g/mol. The van der Waals surface area contributed by atoms with Crippen LogP contribution in [0.15, 0.2) is 11.6 Å². The molecule has 7 heteroatoms. The smallest absolute Gasteiger partial charge is 0.309 e. The van der Waals surface area contributed by atoms with Crippen molar-refractivity contribution in [1.29, 1.82) is 0 Å². The van der Waals surface area contributed by atoms with Crippen LogP contribution in [0.25, 0.3) is 0 Å². The average molecular weight is 461 g/mol. The van der Waals surface area contributed by atoms with Gasteiger partial charge in [-0.25, -0.2) is 0 Å². The zero-order valence-corrected chi connectivity index (χ0v) is 20.1. The van der Waals surface area contributed by atoms with E-state index in [2.05, 4.69) is 13.8 Å². The van der Waals surface area contributed by atoms with Crippen molar-refractivity contribution in [3.63, 3.8) is 0 Å². The Labute approximate surface area is 195 Å². The van der Waals surface area contributed by atoms with Crippen molar-refractivity contribution >= 4 is 17.7 Å². The molecule has 3 saturated carbocycles. The summed E-state index contributed by atoms with van der Waals surface area (Å²) in [5.41, 5.74) is -1.23. The number of esters is 2. The SMILES string of the molecule is CCOC(=O)C1CC2=CC(=O)CC[C@]2(C)[C@@]23OC2C[C@@]2(C)[C@@H](CC[C@]2(O)CCC(=O)OC)[C@H]13. The molecule has 1 saturated heterocycles. The summed E-state index contributed by atoms with van der Waals surface area (Å²) in [6.07, 6.45) is 6.01. The summed E-state index contributed by atoms with van der Waals surface area (Å²) in [6, 6.07) is 0. The van der Waals surface area contributed by atoms with Crippen molar-refractivity contribution in [1.82, 2.24) is 0 Å². The molecule has 0 bridgehead atoms. The highest BCUT2D eigenvalue weighted by Gasteiger charge is 2.82. The van der Waals surface area contributed by atoms with E-state index in [4.69, 9.17) is 14.2 Å². The summed E-state index contributed by atoms with van der Waals surface area (Å²) in [4.78, 5) is 37.4. The molecule has 1 aliphatic heterocycles. The molecule has 0 amide bonds. The molecule has 0 aromatic rings. The Balaban J connectivity index is 1.56. The van der Waals surface area contributed by atoms with Gasteiger partial charge in [0.15, 0.2) is 5.78 Å². The van der Waals surface area contributed by atoms with Crippen molar-refractivity contribution in [2.45, 2.75) is 89.4 Å². The number of ether oxygens (including phenoxy) is 3. The van der Waals surface area contributed by atoms with E-state index in [1.54, 1.807) is 6.08 Å². The largest absolute Gasteiger partial charge is 0.469 e. The second-order valence-corrected chi connectivity index (χ2v) is 11.3. The van der Waals surface area contributed by atoms with Crippen LogP contribution in [-0.2, 0) is 28.6 Å². The van der Waals surface area contributed by atoms with Crippen LogP contribution in [0, 0.1) is 28.6 Å². The molecule has 1 spiro atoms. The van der Waals surface area contributed by atoms with Crippen LogP contribution in [0.5, 0.6) is 0 Å². The molecule has 0 aromatic heterocycles. The lowest BCUT2D eigenvalue weighted by atomic mass is 9.43. The quantitative estimate of drug-likeness (QED) is 0.497. The molecule has 4 aliphatic carbocycles. The van der Waals surface area contributed by atoms with E-state index in [9.17, 15) is 19.5 Å². The van der Waals surface area contributed by atoms with Gasteiger partial charge in [0.05, 0.1) is 31.3 Å². The van der Waals surface area contributed by atoms with E-state index in [1.807, 2.05) is 6.92 Å². The molecule has 5 aliphatic rings. The fourth-order valence-corrected chi connectivity index (χ4v) is 8.42. The number of epoxide rings is 1. The van der Waals surface area contributed by atoms with Crippen LogP contribution in [0.4, 0.5) is 0 Å². The van der Waals surface area contributed by atoms with Crippen LogP contribution in [0.1, 0.15) is 72.1 Å². The highest BCUT2D eigenvalue weighted by atomic mass is 16.6. The number of carbonyl (C=O) groups excluding carboxylic acids is 3. The fraction of sp³-hybridized carbons (Fsp3) is 0.808. The molecule has 0 radical (unpaired) electrons. The first-order chi connectivity index (χ1) is 15.6. The van der Waals surface area contributed by atoms with Crippen LogP contribution < -0.4 is 0 Å². The van der Waals surface area contributed by atoms with Crippen LogP contribution >= 0.6 is 0 Å². The molecule has 0 aromatic carbocycles. The summed E-state index contributed by atoms with van der Waals surface area (Å²) in [7, 11) is 1.37. The van der Waals surface area contributed by atoms with Crippen molar-refractivity contribution < 1.29 is 33.7 Å². The van der Waals surface area contributed by atoms with Gasteiger partial charge in [-0.05, 0) is 57.4 Å². The molecule has 1 N–H and O–H groups in total. The third kappa shape index (κ3) is 2.90. The summed E-state index contributed by atoms with van der Waals surface area (Å²) in [6.45, 7) is 6.45. The number of methoxy groups -OCH3 is 1. The minimum absolute atomic E-state index is 0.0734. The maximum absolute atomic E-state index is 13.3. The lowest BCUT2D eigenvalue weighted by Crippen LogP contribution is -2.63. The number of ketones is 1. The summed E-state index contributed by atoms with van der Waals surface area (Å²) < 4.78 is 17.0. The molecule has 5 rings (SSSR count). The Morgan fingerprint density at radius 1 is 1.27 bits per heavy atom. The zero-order chi connectivity index (χ0) is 23.8. The molecule has 2 unspecified atom stereocenters. The van der Waals surface area contributed by atoms with Crippen molar-refractivity contribution in [3.8, 4) is 0 Å². The molecule has 4 fully saturated rings. The summed E-state index contributed by atoms with van der Waals surface area (Å²) in [5.74, 6) is -0.832. The number of rotatable bonds is 5. The highest BCUT2D eigenvalue weighted by Crippen LogP contribution is 2.77. The van der Waals surface area contributed by atoms with Crippen LogP contribution in [0.2, 0.25) is 0 Å². The number of hydrogen-bond acceptors (Lipinski definition) is 7. The standard InChI is InChI=1S/C26H36O7/c1-5-32-22(29)17-13-15-12-16(27)6-9-23(15,2)26-19(33-26)14-24(3)18(21(17)26)7-10-25(24,30)11-8-20(28)31-4/h12,17-19,21,30H,5-11,13-14H2,1-4H3/t17?,18-,19?,21-,23-,24-,25-,26+/m0/s1. The third-order valence-corrected chi connectivity index (χ3v) is 10.3. The first kappa shape index (κ1) is 23.0.